The Morgan fingerprint density at radius 1 is 1.20 bits per heavy atom. The summed E-state index contributed by atoms with van der Waals surface area (Å²) in [6, 6.07) is 3.89. The molecule has 0 radical (unpaired) electrons. The van der Waals surface area contributed by atoms with Crippen LogP contribution in [-0.2, 0) is 11.2 Å². The van der Waals surface area contributed by atoms with Crippen LogP contribution in [0.15, 0.2) is 12.1 Å². The molecular weight excluding hydrogens is 192 g/mol. The number of methoxy groups -OCH3 is 2. The third-order valence-corrected chi connectivity index (χ3v) is 2.26. The van der Waals surface area contributed by atoms with E-state index in [0.29, 0.717) is 12.8 Å². The summed E-state index contributed by atoms with van der Waals surface area (Å²) in [5.74, 6) is 1.57. The lowest BCUT2D eigenvalue weighted by atomic mass is 10.1. The fraction of sp³-hybridized carbons (Fsp3) is 0.417. The van der Waals surface area contributed by atoms with Crippen molar-refractivity contribution in [2.45, 2.75) is 19.8 Å². The van der Waals surface area contributed by atoms with Crippen LogP contribution in [-0.4, -0.2) is 20.5 Å². The van der Waals surface area contributed by atoms with Crippen molar-refractivity contribution in [1.29, 1.82) is 0 Å². The fourth-order valence-electron chi connectivity index (χ4n) is 1.56. The maximum absolute atomic E-state index is 10.4. The third-order valence-electron chi connectivity index (χ3n) is 2.26. The Kier molecular flexibility index (Phi) is 4.16. The molecule has 1 aromatic rings. The molecule has 0 N–H and O–H groups in total. The van der Waals surface area contributed by atoms with Crippen molar-refractivity contribution in [2.75, 3.05) is 14.2 Å². The quantitative estimate of drug-likeness (QED) is 0.695. The number of hydrogen-bond acceptors (Lipinski definition) is 3. The fourth-order valence-corrected chi connectivity index (χ4v) is 1.56. The topological polar surface area (TPSA) is 35.5 Å². The number of carbonyl (C=O) groups excluding carboxylic acids is 1. The summed E-state index contributed by atoms with van der Waals surface area (Å²) in [5.41, 5.74) is 2.04. The number of carbonyl (C=O) groups is 1. The van der Waals surface area contributed by atoms with Crippen molar-refractivity contribution in [1.82, 2.24) is 0 Å². The molecule has 0 aliphatic heterocycles. The van der Waals surface area contributed by atoms with Gasteiger partial charge in [0, 0.05) is 12.0 Å². The molecular formula is C12H16O3. The molecule has 1 aromatic carbocycles. The summed E-state index contributed by atoms with van der Waals surface area (Å²) in [6.07, 6.45) is 2.03. The van der Waals surface area contributed by atoms with E-state index >= 15 is 0 Å². The molecule has 0 unspecified atom stereocenters. The van der Waals surface area contributed by atoms with Crippen molar-refractivity contribution < 1.29 is 14.3 Å². The average Bonchev–Trinajstić information content (AvgIpc) is 2.26. The molecule has 0 saturated heterocycles. The maximum atomic E-state index is 10.4. The predicted octanol–water partition coefficient (Wildman–Crippen LogP) is 2.14. The number of ether oxygens (including phenoxy) is 2. The van der Waals surface area contributed by atoms with Gasteiger partial charge in [-0.05, 0) is 31.0 Å². The van der Waals surface area contributed by atoms with Gasteiger partial charge in [-0.15, -0.1) is 0 Å². The van der Waals surface area contributed by atoms with Crippen molar-refractivity contribution in [3.05, 3.63) is 23.3 Å². The van der Waals surface area contributed by atoms with Gasteiger partial charge in [0.05, 0.1) is 14.2 Å². The second kappa shape index (κ2) is 5.39. The minimum absolute atomic E-state index is 0.482. The Balaban J connectivity index is 3.11. The molecule has 0 bridgehead atoms. The first-order valence-corrected chi connectivity index (χ1v) is 4.88. The summed E-state index contributed by atoms with van der Waals surface area (Å²) >= 11 is 0. The van der Waals surface area contributed by atoms with Crippen molar-refractivity contribution in [3.8, 4) is 11.5 Å². The summed E-state index contributed by atoms with van der Waals surface area (Å²) in [6.45, 7) is 1.98. The Morgan fingerprint density at radius 3 is 2.13 bits per heavy atom. The molecule has 1 rings (SSSR count). The number of aldehydes is 1. The smallest absolute Gasteiger partial charge is 0.126 e. The molecule has 0 amide bonds. The highest BCUT2D eigenvalue weighted by molar-refractivity contribution is 5.54. The van der Waals surface area contributed by atoms with E-state index in [-0.39, 0.29) is 0 Å². The van der Waals surface area contributed by atoms with Gasteiger partial charge in [0.1, 0.15) is 17.8 Å². The zero-order valence-corrected chi connectivity index (χ0v) is 9.37. The molecule has 0 atom stereocenters. The van der Waals surface area contributed by atoms with Crippen molar-refractivity contribution in [2.24, 2.45) is 0 Å². The van der Waals surface area contributed by atoms with E-state index in [9.17, 15) is 4.79 Å². The summed E-state index contributed by atoms with van der Waals surface area (Å²) in [7, 11) is 3.25. The van der Waals surface area contributed by atoms with Crippen LogP contribution in [0.5, 0.6) is 11.5 Å². The Morgan fingerprint density at radius 2 is 1.73 bits per heavy atom. The summed E-state index contributed by atoms with van der Waals surface area (Å²) in [5, 5.41) is 0. The van der Waals surface area contributed by atoms with E-state index in [1.54, 1.807) is 14.2 Å². The second-order valence-electron chi connectivity index (χ2n) is 3.35. The molecule has 15 heavy (non-hydrogen) atoms. The normalized spacial score (nSPS) is 9.80. The van der Waals surface area contributed by atoms with Gasteiger partial charge in [0.15, 0.2) is 0 Å². The Labute approximate surface area is 90.0 Å². The van der Waals surface area contributed by atoms with E-state index in [4.69, 9.17) is 9.47 Å². The van der Waals surface area contributed by atoms with Crippen LogP contribution in [0.4, 0.5) is 0 Å². The standard InChI is InChI=1S/C12H16O3/c1-9-7-11(14-2)10(5-4-6-13)12(8-9)15-3/h6-8H,4-5H2,1-3H3. The van der Waals surface area contributed by atoms with Crippen molar-refractivity contribution >= 4 is 6.29 Å². The van der Waals surface area contributed by atoms with Crippen molar-refractivity contribution in [3.63, 3.8) is 0 Å². The van der Waals surface area contributed by atoms with Crippen LogP contribution in [0.3, 0.4) is 0 Å². The van der Waals surface area contributed by atoms with Gasteiger partial charge in [-0.3, -0.25) is 0 Å². The Hall–Kier alpha value is -1.51. The Bertz CT molecular complexity index is 320. The van der Waals surface area contributed by atoms with E-state index in [1.807, 2.05) is 19.1 Å². The van der Waals surface area contributed by atoms with Crippen LogP contribution in [0.1, 0.15) is 17.5 Å². The van der Waals surface area contributed by atoms with Crippen LogP contribution in [0.25, 0.3) is 0 Å². The molecule has 0 aromatic heterocycles. The molecule has 3 nitrogen and oxygen atoms in total. The highest BCUT2D eigenvalue weighted by atomic mass is 16.5. The molecule has 0 aliphatic rings. The molecule has 0 spiro atoms. The maximum Gasteiger partial charge on any atom is 0.126 e. The summed E-state index contributed by atoms with van der Waals surface area (Å²) < 4.78 is 10.5. The van der Waals surface area contributed by atoms with E-state index in [0.717, 1.165) is 28.9 Å². The van der Waals surface area contributed by atoms with Crippen LogP contribution < -0.4 is 9.47 Å². The third kappa shape index (κ3) is 2.72. The van der Waals surface area contributed by atoms with Gasteiger partial charge in [-0.25, -0.2) is 0 Å². The predicted molar refractivity (Wildman–Crippen MR) is 58.7 cm³/mol. The number of rotatable bonds is 5. The monoisotopic (exact) mass is 208 g/mol. The largest absolute Gasteiger partial charge is 0.496 e. The zero-order chi connectivity index (χ0) is 11.3. The van der Waals surface area contributed by atoms with Crippen LogP contribution >= 0.6 is 0 Å². The number of aryl methyl sites for hydroxylation is 1. The lowest BCUT2D eigenvalue weighted by Gasteiger charge is -2.13. The van der Waals surface area contributed by atoms with Gasteiger partial charge in [-0.1, -0.05) is 0 Å². The SMILES string of the molecule is COc1cc(C)cc(OC)c1CCC=O. The number of hydrogen-bond donors (Lipinski definition) is 0. The van der Waals surface area contributed by atoms with Crippen LogP contribution in [0.2, 0.25) is 0 Å². The lowest BCUT2D eigenvalue weighted by molar-refractivity contribution is -0.107. The van der Waals surface area contributed by atoms with Crippen LogP contribution in [0, 0.1) is 6.92 Å². The van der Waals surface area contributed by atoms with Gasteiger partial charge in [0.25, 0.3) is 0 Å². The average molecular weight is 208 g/mol. The van der Waals surface area contributed by atoms with E-state index in [1.165, 1.54) is 0 Å². The van der Waals surface area contributed by atoms with E-state index in [2.05, 4.69) is 0 Å². The van der Waals surface area contributed by atoms with Gasteiger partial charge in [0.2, 0.25) is 0 Å². The molecule has 82 valence electrons. The zero-order valence-electron chi connectivity index (χ0n) is 9.37. The molecule has 0 heterocycles. The van der Waals surface area contributed by atoms with E-state index < -0.39 is 0 Å². The summed E-state index contributed by atoms with van der Waals surface area (Å²) in [4.78, 5) is 10.4. The minimum atomic E-state index is 0.482. The molecule has 0 aliphatic carbocycles. The second-order valence-corrected chi connectivity index (χ2v) is 3.35. The lowest BCUT2D eigenvalue weighted by Crippen LogP contribution is -1.98. The highest BCUT2D eigenvalue weighted by Crippen LogP contribution is 2.31. The highest BCUT2D eigenvalue weighted by Gasteiger charge is 2.10. The molecule has 3 heteroatoms. The first kappa shape index (κ1) is 11.6. The van der Waals surface area contributed by atoms with Gasteiger partial charge < -0.3 is 14.3 Å². The first-order valence-electron chi connectivity index (χ1n) is 4.88. The van der Waals surface area contributed by atoms with Gasteiger partial charge in [-0.2, -0.15) is 0 Å². The minimum Gasteiger partial charge on any atom is -0.496 e. The first-order chi connectivity index (χ1) is 7.22. The molecule has 0 fully saturated rings. The number of benzene rings is 1. The molecule has 0 saturated carbocycles. The van der Waals surface area contributed by atoms with Gasteiger partial charge >= 0.3 is 0 Å².